The molecule has 0 aromatic rings. The van der Waals surface area contributed by atoms with Gasteiger partial charge in [0, 0.05) is 27.8 Å². The zero-order valence-electron chi connectivity index (χ0n) is 9.04. The summed E-state index contributed by atoms with van der Waals surface area (Å²) in [6.45, 7) is 3.76. The number of methoxy groups -OCH3 is 2. The van der Waals surface area contributed by atoms with Gasteiger partial charge in [-0.25, -0.2) is 0 Å². The second-order valence-electron chi connectivity index (χ2n) is 3.27. The van der Waals surface area contributed by atoms with Gasteiger partial charge in [-0.15, -0.1) is 6.58 Å². The van der Waals surface area contributed by atoms with Gasteiger partial charge in [-0.3, -0.25) is 0 Å². The first-order valence-corrected chi connectivity index (χ1v) is 6.75. The predicted molar refractivity (Wildman–Crippen MR) is 54.8 cm³/mol. The van der Waals surface area contributed by atoms with E-state index in [1.54, 1.807) is 27.0 Å². The minimum Gasteiger partial charge on any atom is -0.395 e. The van der Waals surface area contributed by atoms with E-state index in [1.165, 1.54) is 0 Å². The summed E-state index contributed by atoms with van der Waals surface area (Å²) in [6.07, 6.45) is 1.69. The summed E-state index contributed by atoms with van der Waals surface area (Å²) in [7, 11) is 2.51. The van der Waals surface area contributed by atoms with Crippen molar-refractivity contribution in [3.05, 3.63) is 12.3 Å². The van der Waals surface area contributed by atoms with E-state index in [9.17, 15) is 0 Å². The number of hydrogen-bond acceptors (Lipinski definition) is 4. The largest absolute Gasteiger partial charge is 0.395 e. The van der Waals surface area contributed by atoms with Crippen molar-refractivity contribution in [1.29, 1.82) is 0 Å². The highest BCUT2D eigenvalue weighted by atomic mass is 28.4. The molecule has 5 heteroatoms. The average molecular weight is 218 g/mol. The summed E-state index contributed by atoms with van der Waals surface area (Å²) in [6, 6.07) is 0.904. The fourth-order valence-corrected chi connectivity index (χ4v) is 3.97. The Morgan fingerprint density at radius 2 is 2.00 bits per heavy atom. The molecule has 1 aliphatic heterocycles. The molecule has 1 unspecified atom stereocenters. The van der Waals surface area contributed by atoms with Crippen molar-refractivity contribution in [2.24, 2.45) is 0 Å². The quantitative estimate of drug-likeness (QED) is 0.530. The smallest absolute Gasteiger partial charge is 0.368 e. The van der Waals surface area contributed by atoms with Gasteiger partial charge in [0.05, 0.1) is 0 Å². The minimum absolute atomic E-state index is 0.728. The van der Waals surface area contributed by atoms with Crippen LogP contribution in [0, 0.1) is 0 Å². The Labute approximate surface area is 86.0 Å². The lowest BCUT2D eigenvalue weighted by Gasteiger charge is -2.42. The molecule has 0 aromatic heterocycles. The Morgan fingerprint density at radius 1 is 1.36 bits per heavy atom. The molecule has 0 bridgehead atoms. The predicted octanol–water partition coefficient (Wildman–Crippen LogP) is 1.56. The average Bonchev–Trinajstić information content (AvgIpc) is 2.29. The van der Waals surface area contributed by atoms with Gasteiger partial charge in [0.25, 0.3) is 5.97 Å². The van der Waals surface area contributed by atoms with Gasteiger partial charge in [0.1, 0.15) is 0 Å². The van der Waals surface area contributed by atoms with Crippen LogP contribution in [0.4, 0.5) is 0 Å². The van der Waals surface area contributed by atoms with Gasteiger partial charge in [-0.2, -0.15) is 0 Å². The van der Waals surface area contributed by atoms with E-state index in [1.807, 2.05) is 0 Å². The Morgan fingerprint density at radius 3 is 2.43 bits per heavy atom. The molecule has 1 fully saturated rings. The first-order chi connectivity index (χ1) is 6.66. The first kappa shape index (κ1) is 11.9. The molecule has 1 rings (SSSR count). The molecule has 1 heterocycles. The van der Waals surface area contributed by atoms with Gasteiger partial charge in [0.2, 0.25) is 0 Å². The molecule has 0 aromatic carbocycles. The van der Waals surface area contributed by atoms with Gasteiger partial charge in [-0.05, 0) is 18.2 Å². The molecule has 4 nitrogen and oxygen atoms in total. The molecule has 0 spiro atoms. The molecule has 0 radical (unpaired) electrons. The topological polar surface area (TPSA) is 36.9 Å². The summed E-state index contributed by atoms with van der Waals surface area (Å²) in [5.41, 5.74) is 1.78. The fourth-order valence-electron chi connectivity index (χ4n) is 1.66. The normalized spacial score (nSPS) is 31.4. The van der Waals surface area contributed by atoms with Crippen LogP contribution in [0.25, 0.3) is 0 Å². The van der Waals surface area contributed by atoms with Crippen molar-refractivity contribution in [3.63, 3.8) is 0 Å². The zero-order chi connectivity index (χ0) is 10.7. The van der Waals surface area contributed by atoms with Crippen LogP contribution >= 0.6 is 0 Å². The molecule has 1 aliphatic rings. The van der Waals surface area contributed by atoms with Gasteiger partial charge >= 0.3 is 8.56 Å². The van der Waals surface area contributed by atoms with Crippen molar-refractivity contribution in [3.8, 4) is 0 Å². The second-order valence-corrected chi connectivity index (χ2v) is 6.41. The van der Waals surface area contributed by atoms with E-state index in [0.717, 1.165) is 18.9 Å². The molecule has 0 saturated carbocycles. The highest BCUT2D eigenvalue weighted by Gasteiger charge is 2.48. The van der Waals surface area contributed by atoms with E-state index in [-0.39, 0.29) is 0 Å². The fraction of sp³-hybridized carbons (Fsp3) is 0.778. The lowest BCUT2D eigenvalue weighted by Crippen LogP contribution is -2.54. The maximum Gasteiger partial charge on any atom is 0.368 e. The van der Waals surface area contributed by atoms with Gasteiger partial charge in [0.15, 0.2) is 0 Å². The third-order valence-electron chi connectivity index (χ3n) is 2.61. The molecule has 0 N–H and O–H groups in total. The molecular formula is C9H18O4Si. The van der Waals surface area contributed by atoms with E-state index < -0.39 is 14.5 Å². The van der Waals surface area contributed by atoms with Crippen molar-refractivity contribution in [2.45, 2.75) is 24.9 Å². The Kier molecular flexibility index (Phi) is 3.85. The van der Waals surface area contributed by atoms with Crippen LogP contribution in [0.1, 0.15) is 12.8 Å². The Balaban J connectivity index is 2.80. The van der Waals surface area contributed by atoms with E-state index in [0.29, 0.717) is 0 Å². The number of ether oxygens (including phenoxy) is 2. The highest BCUT2D eigenvalue weighted by Crippen LogP contribution is 2.35. The van der Waals surface area contributed by atoms with E-state index in [4.69, 9.17) is 18.3 Å². The molecule has 1 atom stereocenters. The zero-order valence-corrected chi connectivity index (χ0v) is 10.0. The van der Waals surface area contributed by atoms with Crippen LogP contribution < -0.4 is 0 Å². The standard InChI is InChI=1S/C9H18O4Si/c1-5-14(12-4)8-6-7-9(10-2,11-3)13-14/h5H,1,6-8H2,2-4H3. The second kappa shape index (κ2) is 4.54. The summed E-state index contributed by atoms with van der Waals surface area (Å²) >= 11 is 0. The molecular weight excluding hydrogens is 200 g/mol. The summed E-state index contributed by atoms with van der Waals surface area (Å²) in [4.78, 5) is 0. The van der Waals surface area contributed by atoms with Crippen molar-refractivity contribution in [1.82, 2.24) is 0 Å². The van der Waals surface area contributed by atoms with E-state index in [2.05, 4.69) is 6.58 Å². The maximum absolute atomic E-state index is 5.81. The third kappa shape index (κ3) is 2.07. The van der Waals surface area contributed by atoms with E-state index >= 15 is 0 Å². The van der Waals surface area contributed by atoms with Crippen molar-refractivity contribution in [2.75, 3.05) is 21.3 Å². The van der Waals surface area contributed by atoms with Gasteiger partial charge < -0.3 is 18.3 Å². The Bertz CT molecular complexity index is 205. The van der Waals surface area contributed by atoms with Crippen molar-refractivity contribution < 1.29 is 18.3 Å². The summed E-state index contributed by atoms with van der Waals surface area (Å²) in [5.74, 6) is -0.936. The molecule has 0 aliphatic carbocycles. The maximum atomic E-state index is 5.81. The monoisotopic (exact) mass is 218 g/mol. The number of rotatable bonds is 4. The van der Waals surface area contributed by atoms with Crippen LogP contribution in [0.5, 0.6) is 0 Å². The van der Waals surface area contributed by atoms with Gasteiger partial charge in [-0.1, -0.05) is 0 Å². The number of hydrogen-bond donors (Lipinski definition) is 0. The minimum atomic E-state index is -2.29. The van der Waals surface area contributed by atoms with Crippen LogP contribution in [-0.4, -0.2) is 35.9 Å². The van der Waals surface area contributed by atoms with Crippen LogP contribution in [0.15, 0.2) is 12.3 Å². The van der Waals surface area contributed by atoms with Crippen LogP contribution in [0.3, 0.4) is 0 Å². The molecule has 0 amide bonds. The Hall–Kier alpha value is -0.203. The highest BCUT2D eigenvalue weighted by molar-refractivity contribution is 6.72. The van der Waals surface area contributed by atoms with Crippen molar-refractivity contribution >= 4 is 8.56 Å². The first-order valence-electron chi connectivity index (χ1n) is 4.65. The lowest BCUT2D eigenvalue weighted by atomic mass is 10.3. The molecule has 14 heavy (non-hydrogen) atoms. The lowest BCUT2D eigenvalue weighted by molar-refractivity contribution is -0.339. The van der Waals surface area contributed by atoms with Crippen LogP contribution in [-0.2, 0) is 18.3 Å². The SMILES string of the molecule is C=C[Si]1(OC)CCCC(OC)(OC)O1. The van der Waals surface area contributed by atoms with Crippen LogP contribution in [0.2, 0.25) is 6.04 Å². The molecule has 1 saturated heterocycles. The third-order valence-corrected chi connectivity index (χ3v) is 5.64. The summed E-state index contributed by atoms with van der Waals surface area (Å²) < 4.78 is 21.7. The molecule has 82 valence electrons. The summed E-state index contributed by atoms with van der Waals surface area (Å²) in [5, 5.41) is 0.